The van der Waals surface area contributed by atoms with Gasteiger partial charge in [0, 0.05) is 32.7 Å². The summed E-state index contributed by atoms with van der Waals surface area (Å²) in [4.78, 5) is 16.5. The number of carbonyl (C=O) groups excluding carboxylic acids is 1. The van der Waals surface area contributed by atoms with Gasteiger partial charge >= 0.3 is 0 Å². The van der Waals surface area contributed by atoms with Crippen LogP contribution in [0.4, 0.5) is 0 Å². The summed E-state index contributed by atoms with van der Waals surface area (Å²) in [6, 6.07) is 3.99. The fraction of sp³-hybridized carbons (Fsp3) is 0.533. The summed E-state index contributed by atoms with van der Waals surface area (Å²) >= 11 is 0. The molecular weight excluding hydrogens is 282 g/mol. The zero-order chi connectivity index (χ0) is 15.4. The smallest absolute Gasteiger partial charge is 0.222 e. The highest BCUT2D eigenvalue weighted by molar-refractivity contribution is 5.76. The lowest BCUT2D eigenvalue weighted by atomic mass is 9.86. The van der Waals surface area contributed by atoms with Gasteiger partial charge in [0.1, 0.15) is 6.33 Å². The molecule has 0 saturated carbocycles. The Balaban J connectivity index is 1.64. The number of amides is 1. The maximum absolute atomic E-state index is 12.4. The van der Waals surface area contributed by atoms with E-state index in [1.807, 2.05) is 24.5 Å². The number of aromatic nitrogens is 4. The average molecular weight is 303 g/mol. The van der Waals surface area contributed by atoms with Crippen molar-refractivity contribution in [3.8, 4) is 0 Å². The average Bonchev–Trinajstić information content (AvgIpc) is 3.18. The zero-order valence-corrected chi connectivity index (χ0v) is 12.7. The van der Waals surface area contributed by atoms with Gasteiger partial charge < -0.3 is 14.6 Å². The summed E-state index contributed by atoms with van der Waals surface area (Å²) in [5, 5.41) is 7.08. The van der Waals surface area contributed by atoms with Crippen molar-refractivity contribution in [1.82, 2.24) is 24.6 Å². The lowest BCUT2D eigenvalue weighted by molar-refractivity contribution is -0.124. The molecule has 2 aromatic heterocycles. The fourth-order valence-corrected chi connectivity index (χ4v) is 2.93. The predicted molar refractivity (Wildman–Crippen MR) is 79.9 cm³/mol. The van der Waals surface area contributed by atoms with Gasteiger partial charge in [-0.15, -0.1) is 0 Å². The Morgan fingerprint density at radius 2 is 2.09 bits per heavy atom. The number of carbonyl (C=O) groups is 1. The molecule has 0 spiro atoms. The molecule has 1 amide bonds. The van der Waals surface area contributed by atoms with Crippen molar-refractivity contribution < 1.29 is 9.53 Å². The van der Waals surface area contributed by atoms with Gasteiger partial charge in [-0.1, -0.05) is 0 Å². The van der Waals surface area contributed by atoms with E-state index in [1.54, 1.807) is 18.1 Å². The molecule has 118 valence electrons. The lowest BCUT2D eigenvalue weighted by Gasteiger charge is -2.38. The number of aryl methyl sites for hydroxylation is 1. The Morgan fingerprint density at radius 1 is 1.36 bits per heavy atom. The highest BCUT2D eigenvalue weighted by Crippen LogP contribution is 2.32. The number of ether oxygens (including phenoxy) is 1. The Bertz CT molecular complexity index is 614. The van der Waals surface area contributed by atoms with Crippen LogP contribution in [0.1, 0.15) is 25.1 Å². The van der Waals surface area contributed by atoms with Crippen LogP contribution in [0.2, 0.25) is 0 Å². The Hall–Kier alpha value is -2.15. The summed E-state index contributed by atoms with van der Waals surface area (Å²) in [7, 11) is 1.81. The van der Waals surface area contributed by atoms with Gasteiger partial charge in [0.25, 0.3) is 0 Å². The van der Waals surface area contributed by atoms with E-state index in [1.165, 1.54) is 0 Å². The van der Waals surface area contributed by atoms with Crippen LogP contribution in [0.3, 0.4) is 0 Å². The molecule has 1 aliphatic rings. The quantitative estimate of drug-likeness (QED) is 0.888. The summed E-state index contributed by atoms with van der Waals surface area (Å²) in [5.74, 6) is 0.640. The molecule has 1 aliphatic heterocycles. The van der Waals surface area contributed by atoms with Crippen molar-refractivity contribution >= 4 is 5.91 Å². The van der Waals surface area contributed by atoms with Crippen molar-refractivity contribution in [1.29, 1.82) is 0 Å². The first kappa shape index (κ1) is 14.8. The van der Waals surface area contributed by atoms with Crippen molar-refractivity contribution in [2.45, 2.75) is 31.3 Å². The molecule has 1 N–H and O–H groups in total. The highest BCUT2D eigenvalue weighted by atomic mass is 16.5. The molecule has 7 heteroatoms. The number of nitrogens with zero attached hydrogens (tertiary/aromatic N) is 4. The van der Waals surface area contributed by atoms with Gasteiger partial charge in [0.15, 0.2) is 5.82 Å². The normalized spacial score (nSPS) is 17.3. The van der Waals surface area contributed by atoms with E-state index in [9.17, 15) is 4.79 Å². The SMILES string of the molecule is Cn1cnc(CNC(=O)CC2(n3cccc3)CCOCC2)n1. The van der Waals surface area contributed by atoms with E-state index >= 15 is 0 Å². The molecule has 3 rings (SSSR count). The van der Waals surface area contributed by atoms with E-state index < -0.39 is 0 Å². The molecular formula is C15H21N5O2. The third-order valence-corrected chi connectivity index (χ3v) is 4.16. The van der Waals surface area contributed by atoms with Gasteiger partial charge in [0.05, 0.1) is 18.5 Å². The number of hydrogen-bond donors (Lipinski definition) is 1. The van der Waals surface area contributed by atoms with Gasteiger partial charge in [-0.05, 0) is 25.0 Å². The first-order chi connectivity index (χ1) is 10.7. The second kappa shape index (κ2) is 6.31. The standard InChI is InChI=1S/C15H21N5O2/c1-19-12-17-13(18-19)11-16-14(21)10-15(4-8-22-9-5-15)20-6-2-3-7-20/h2-3,6-7,12H,4-5,8-11H2,1H3,(H,16,21). The Kier molecular flexibility index (Phi) is 4.24. The van der Waals surface area contributed by atoms with E-state index in [0.29, 0.717) is 32.0 Å². The molecule has 0 aliphatic carbocycles. The summed E-state index contributed by atoms with van der Waals surface area (Å²) in [6.07, 6.45) is 7.81. The third-order valence-electron chi connectivity index (χ3n) is 4.16. The monoisotopic (exact) mass is 303 g/mol. The zero-order valence-electron chi connectivity index (χ0n) is 12.7. The molecule has 0 radical (unpaired) electrons. The second-order valence-electron chi connectivity index (χ2n) is 5.71. The molecule has 0 atom stereocenters. The van der Waals surface area contributed by atoms with Crippen LogP contribution in [0.25, 0.3) is 0 Å². The van der Waals surface area contributed by atoms with Crippen LogP contribution in [0.15, 0.2) is 30.9 Å². The van der Waals surface area contributed by atoms with E-state index in [0.717, 1.165) is 12.8 Å². The van der Waals surface area contributed by atoms with E-state index in [-0.39, 0.29) is 11.4 Å². The fourth-order valence-electron chi connectivity index (χ4n) is 2.93. The van der Waals surface area contributed by atoms with Crippen LogP contribution in [-0.2, 0) is 28.7 Å². The molecule has 7 nitrogen and oxygen atoms in total. The van der Waals surface area contributed by atoms with E-state index in [2.05, 4.69) is 20.0 Å². The largest absolute Gasteiger partial charge is 0.381 e. The van der Waals surface area contributed by atoms with Gasteiger partial charge in [-0.2, -0.15) is 5.10 Å². The third kappa shape index (κ3) is 3.19. The Labute approximate surface area is 129 Å². The number of nitrogens with one attached hydrogen (secondary N) is 1. The lowest BCUT2D eigenvalue weighted by Crippen LogP contribution is -2.43. The van der Waals surface area contributed by atoms with Crippen LogP contribution < -0.4 is 5.32 Å². The topological polar surface area (TPSA) is 74.0 Å². The van der Waals surface area contributed by atoms with E-state index in [4.69, 9.17) is 4.74 Å². The molecule has 0 bridgehead atoms. The van der Waals surface area contributed by atoms with Crippen LogP contribution >= 0.6 is 0 Å². The summed E-state index contributed by atoms with van der Waals surface area (Å²) < 4.78 is 9.24. The molecule has 22 heavy (non-hydrogen) atoms. The van der Waals surface area contributed by atoms with Crippen molar-refractivity contribution in [3.05, 3.63) is 36.7 Å². The minimum Gasteiger partial charge on any atom is -0.381 e. The molecule has 0 unspecified atom stereocenters. The molecule has 1 fully saturated rings. The minimum atomic E-state index is -0.191. The second-order valence-corrected chi connectivity index (χ2v) is 5.71. The maximum atomic E-state index is 12.4. The first-order valence-corrected chi connectivity index (χ1v) is 7.50. The van der Waals surface area contributed by atoms with Crippen LogP contribution in [0, 0.1) is 0 Å². The Morgan fingerprint density at radius 3 is 2.73 bits per heavy atom. The van der Waals surface area contributed by atoms with Gasteiger partial charge in [-0.25, -0.2) is 4.98 Å². The summed E-state index contributed by atoms with van der Waals surface area (Å²) in [6.45, 7) is 1.73. The van der Waals surface area contributed by atoms with Crippen molar-refractivity contribution in [2.75, 3.05) is 13.2 Å². The minimum absolute atomic E-state index is 0.0167. The molecule has 0 aromatic carbocycles. The van der Waals surface area contributed by atoms with Gasteiger partial charge in [0.2, 0.25) is 5.91 Å². The maximum Gasteiger partial charge on any atom is 0.222 e. The first-order valence-electron chi connectivity index (χ1n) is 7.50. The van der Waals surface area contributed by atoms with Crippen molar-refractivity contribution in [2.24, 2.45) is 7.05 Å². The predicted octanol–water partition coefficient (Wildman–Crippen LogP) is 0.829. The molecule has 2 aromatic rings. The summed E-state index contributed by atoms with van der Waals surface area (Å²) in [5.41, 5.74) is -0.191. The van der Waals surface area contributed by atoms with Crippen molar-refractivity contribution in [3.63, 3.8) is 0 Å². The number of rotatable bonds is 5. The van der Waals surface area contributed by atoms with Crippen LogP contribution in [0.5, 0.6) is 0 Å². The van der Waals surface area contributed by atoms with Crippen LogP contribution in [-0.4, -0.2) is 38.5 Å². The molecule has 3 heterocycles. The number of hydrogen-bond acceptors (Lipinski definition) is 4. The highest BCUT2D eigenvalue weighted by Gasteiger charge is 2.36. The molecule has 1 saturated heterocycles. The van der Waals surface area contributed by atoms with Gasteiger partial charge in [-0.3, -0.25) is 9.48 Å².